The Bertz CT molecular complexity index is 704. The normalized spacial score (nSPS) is 10.7. The van der Waals surface area contributed by atoms with Gasteiger partial charge in [-0.15, -0.1) is 0 Å². The van der Waals surface area contributed by atoms with E-state index in [9.17, 15) is 0 Å². The molecule has 0 spiro atoms. The number of anilines is 2. The average molecular weight is 238 g/mol. The highest BCUT2D eigenvalue weighted by Gasteiger charge is 2.07. The second-order valence-electron chi connectivity index (χ2n) is 3.76. The van der Waals surface area contributed by atoms with Crippen molar-refractivity contribution in [3.8, 4) is 11.5 Å². The summed E-state index contributed by atoms with van der Waals surface area (Å²) >= 11 is 0. The maximum atomic E-state index is 5.54. The molecule has 0 atom stereocenters. The molecule has 0 aliphatic heterocycles. The van der Waals surface area contributed by atoms with Gasteiger partial charge >= 0.3 is 0 Å². The lowest BCUT2D eigenvalue weighted by Crippen LogP contribution is -2.04. The molecule has 4 N–H and O–H groups in total. The van der Waals surface area contributed by atoms with Crippen LogP contribution in [0, 0.1) is 0 Å². The number of benzene rings is 1. The Balaban J connectivity index is 2.19. The highest BCUT2D eigenvalue weighted by atomic mass is 15.1. The highest BCUT2D eigenvalue weighted by molar-refractivity contribution is 5.80. The first-order valence-electron chi connectivity index (χ1n) is 5.35. The Kier molecular flexibility index (Phi) is 2.26. The Morgan fingerprint density at radius 2 is 1.44 bits per heavy atom. The van der Waals surface area contributed by atoms with Crippen molar-refractivity contribution in [1.82, 2.24) is 19.9 Å². The van der Waals surface area contributed by atoms with Gasteiger partial charge in [0, 0.05) is 5.39 Å². The summed E-state index contributed by atoms with van der Waals surface area (Å²) in [6.45, 7) is 0. The van der Waals surface area contributed by atoms with Gasteiger partial charge in [-0.05, 0) is 12.1 Å². The smallest absolute Gasteiger partial charge is 0.225 e. The van der Waals surface area contributed by atoms with E-state index in [1.807, 2.05) is 36.4 Å². The maximum absolute atomic E-state index is 5.54. The summed E-state index contributed by atoms with van der Waals surface area (Å²) in [4.78, 5) is 16.2. The molecule has 0 saturated carbocycles. The Labute approximate surface area is 103 Å². The van der Waals surface area contributed by atoms with E-state index in [2.05, 4.69) is 19.9 Å². The zero-order valence-corrected chi connectivity index (χ0v) is 9.41. The minimum absolute atomic E-state index is 0.0902. The van der Waals surface area contributed by atoms with Crippen LogP contribution in [0.2, 0.25) is 0 Å². The highest BCUT2D eigenvalue weighted by Crippen LogP contribution is 2.18. The molecule has 2 heterocycles. The second kappa shape index (κ2) is 3.92. The number of nitrogens with zero attached hydrogens (tertiary/aromatic N) is 4. The summed E-state index contributed by atoms with van der Waals surface area (Å²) in [5.74, 6) is 0.561. The Morgan fingerprint density at radius 1 is 0.722 bits per heavy atom. The molecule has 0 bridgehead atoms. The van der Waals surface area contributed by atoms with Gasteiger partial charge < -0.3 is 11.5 Å². The molecule has 0 unspecified atom stereocenters. The van der Waals surface area contributed by atoms with Crippen LogP contribution in [-0.4, -0.2) is 19.9 Å². The van der Waals surface area contributed by atoms with E-state index in [1.54, 1.807) is 0 Å². The molecule has 0 amide bonds. The maximum Gasteiger partial charge on any atom is 0.225 e. The van der Waals surface area contributed by atoms with Crippen molar-refractivity contribution in [1.29, 1.82) is 0 Å². The van der Waals surface area contributed by atoms with Gasteiger partial charge in [0.25, 0.3) is 0 Å². The van der Waals surface area contributed by atoms with Crippen LogP contribution < -0.4 is 11.5 Å². The fraction of sp³-hybridized carbons (Fsp3) is 0. The first-order valence-corrected chi connectivity index (χ1v) is 5.35. The molecular formula is C12H10N6. The van der Waals surface area contributed by atoms with Gasteiger partial charge in [0.05, 0.1) is 5.52 Å². The molecule has 6 heteroatoms. The van der Waals surface area contributed by atoms with Gasteiger partial charge in [-0.1, -0.05) is 24.3 Å². The predicted molar refractivity (Wildman–Crippen MR) is 69.4 cm³/mol. The molecule has 0 fully saturated rings. The van der Waals surface area contributed by atoms with Gasteiger partial charge in [0.2, 0.25) is 11.9 Å². The Morgan fingerprint density at radius 3 is 2.22 bits per heavy atom. The number of nitrogens with two attached hydrogens (primary N) is 2. The zero-order chi connectivity index (χ0) is 12.5. The minimum Gasteiger partial charge on any atom is -0.368 e. The van der Waals surface area contributed by atoms with E-state index in [0.29, 0.717) is 11.5 Å². The van der Waals surface area contributed by atoms with E-state index >= 15 is 0 Å². The first kappa shape index (κ1) is 10.4. The summed E-state index contributed by atoms with van der Waals surface area (Å²) in [7, 11) is 0. The molecule has 2 aromatic heterocycles. The van der Waals surface area contributed by atoms with Crippen LogP contribution in [0.3, 0.4) is 0 Å². The molecule has 0 aliphatic carbocycles. The lowest BCUT2D eigenvalue weighted by Gasteiger charge is -2.03. The molecular weight excluding hydrogens is 228 g/mol. The SMILES string of the molecule is Nc1nc(N)nc(-c2ccc3ccccc3n2)n1. The van der Waals surface area contributed by atoms with E-state index in [4.69, 9.17) is 11.5 Å². The number of hydrogen-bond donors (Lipinski definition) is 2. The number of hydrogen-bond acceptors (Lipinski definition) is 6. The zero-order valence-electron chi connectivity index (χ0n) is 9.41. The first-order chi connectivity index (χ1) is 8.72. The van der Waals surface area contributed by atoms with Crippen molar-refractivity contribution < 1.29 is 0 Å². The van der Waals surface area contributed by atoms with Crippen molar-refractivity contribution in [2.24, 2.45) is 0 Å². The van der Waals surface area contributed by atoms with E-state index < -0.39 is 0 Å². The van der Waals surface area contributed by atoms with Crippen molar-refractivity contribution in [2.45, 2.75) is 0 Å². The van der Waals surface area contributed by atoms with Crippen LogP contribution in [0.15, 0.2) is 36.4 Å². The summed E-state index contributed by atoms with van der Waals surface area (Å²) in [6, 6.07) is 11.6. The average Bonchev–Trinajstić information content (AvgIpc) is 2.37. The lowest BCUT2D eigenvalue weighted by atomic mass is 10.2. The van der Waals surface area contributed by atoms with Crippen molar-refractivity contribution in [3.05, 3.63) is 36.4 Å². The van der Waals surface area contributed by atoms with Crippen LogP contribution in [0.4, 0.5) is 11.9 Å². The molecule has 1 aromatic carbocycles. The molecule has 0 radical (unpaired) electrons. The number of fused-ring (bicyclic) bond motifs is 1. The summed E-state index contributed by atoms with van der Waals surface area (Å²) in [6.07, 6.45) is 0. The third kappa shape index (κ3) is 1.80. The van der Waals surface area contributed by atoms with Crippen molar-refractivity contribution in [2.75, 3.05) is 11.5 Å². The third-order valence-corrected chi connectivity index (χ3v) is 2.50. The molecule has 3 aromatic rings. The largest absolute Gasteiger partial charge is 0.368 e. The number of nitrogen functional groups attached to an aromatic ring is 2. The standard InChI is InChI=1S/C12H10N6/c13-11-16-10(17-12(14)18-11)9-6-5-7-3-1-2-4-8(7)15-9/h1-6H,(H4,13,14,16,17,18). The van der Waals surface area contributed by atoms with Crippen LogP contribution in [0.5, 0.6) is 0 Å². The summed E-state index contributed by atoms with van der Waals surface area (Å²) < 4.78 is 0. The van der Waals surface area contributed by atoms with Gasteiger partial charge in [-0.2, -0.15) is 15.0 Å². The quantitative estimate of drug-likeness (QED) is 0.661. The third-order valence-electron chi connectivity index (χ3n) is 2.50. The van der Waals surface area contributed by atoms with Crippen molar-refractivity contribution >= 4 is 22.8 Å². The second-order valence-corrected chi connectivity index (χ2v) is 3.76. The van der Waals surface area contributed by atoms with Crippen LogP contribution in [-0.2, 0) is 0 Å². The molecule has 3 rings (SSSR count). The minimum atomic E-state index is 0.0902. The van der Waals surface area contributed by atoms with Gasteiger partial charge in [-0.25, -0.2) is 4.98 Å². The molecule has 0 saturated heterocycles. The number of pyridine rings is 1. The van der Waals surface area contributed by atoms with Gasteiger partial charge in [0.15, 0.2) is 5.82 Å². The van der Waals surface area contributed by atoms with E-state index in [0.717, 1.165) is 10.9 Å². The summed E-state index contributed by atoms with van der Waals surface area (Å²) in [5.41, 5.74) is 12.6. The van der Waals surface area contributed by atoms with Crippen LogP contribution >= 0.6 is 0 Å². The van der Waals surface area contributed by atoms with E-state index in [1.165, 1.54) is 0 Å². The number of para-hydroxylation sites is 1. The van der Waals surface area contributed by atoms with Gasteiger partial charge in [0.1, 0.15) is 5.69 Å². The fourth-order valence-electron chi connectivity index (χ4n) is 1.71. The molecule has 0 aliphatic rings. The summed E-state index contributed by atoms with van der Waals surface area (Å²) in [5, 5.41) is 1.05. The van der Waals surface area contributed by atoms with Crippen LogP contribution in [0.25, 0.3) is 22.4 Å². The van der Waals surface area contributed by atoms with E-state index in [-0.39, 0.29) is 11.9 Å². The molecule has 88 valence electrons. The molecule has 6 nitrogen and oxygen atoms in total. The molecule has 18 heavy (non-hydrogen) atoms. The fourth-order valence-corrected chi connectivity index (χ4v) is 1.71. The number of rotatable bonds is 1. The Hall–Kier alpha value is -2.76. The monoisotopic (exact) mass is 238 g/mol. The predicted octanol–water partition coefficient (Wildman–Crippen LogP) is 1.25. The van der Waals surface area contributed by atoms with Crippen molar-refractivity contribution in [3.63, 3.8) is 0 Å². The topological polar surface area (TPSA) is 104 Å². The van der Waals surface area contributed by atoms with Gasteiger partial charge in [-0.3, -0.25) is 0 Å². The number of aromatic nitrogens is 4. The van der Waals surface area contributed by atoms with Crippen LogP contribution in [0.1, 0.15) is 0 Å². The lowest BCUT2D eigenvalue weighted by molar-refractivity contribution is 1.07.